The molecule has 0 spiro atoms. The third kappa shape index (κ3) is 5.05. The Hall–Kier alpha value is -2.75. The summed E-state index contributed by atoms with van der Waals surface area (Å²) in [5, 5.41) is 18.9. The number of hydrogen-bond acceptors (Lipinski definition) is 7. The first kappa shape index (κ1) is 20.5. The lowest BCUT2D eigenvalue weighted by atomic mass is 10.2. The van der Waals surface area contributed by atoms with Crippen LogP contribution in [-0.2, 0) is 17.0 Å². The summed E-state index contributed by atoms with van der Waals surface area (Å²) in [4.78, 5) is 16.9. The zero-order chi connectivity index (χ0) is 20.9. The molecule has 0 radical (unpaired) electrons. The van der Waals surface area contributed by atoms with Crippen LogP contribution < -0.4 is 5.32 Å². The van der Waals surface area contributed by atoms with Gasteiger partial charge in [-0.15, -0.1) is 16.4 Å². The van der Waals surface area contributed by atoms with Crippen LogP contribution in [0.4, 0.5) is 5.69 Å². The minimum atomic E-state index is -0.0791. The Balaban J connectivity index is 1.35. The van der Waals surface area contributed by atoms with Gasteiger partial charge in [-0.3, -0.25) is 4.79 Å². The van der Waals surface area contributed by atoms with E-state index in [1.54, 1.807) is 16.8 Å². The highest BCUT2D eigenvalue weighted by molar-refractivity contribution is 7.98. The number of aryl methyl sites for hydroxylation is 1. The minimum absolute atomic E-state index is 0.0791. The maximum absolute atomic E-state index is 12.3. The molecule has 0 saturated carbocycles. The van der Waals surface area contributed by atoms with Crippen molar-refractivity contribution in [2.75, 3.05) is 5.32 Å². The summed E-state index contributed by atoms with van der Waals surface area (Å²) in [7, 11) is 0. The van der Waals surface area contributed by atoms with Crippen molar-refractivity contribution in [3.8, 4) is 5.69 Å². The van der Waals surface area contributed by atoms with Gasteiger partial charge in [0.15, 0.2) is 0 Å². The van der Waals surface area contributed by atoms with E-state index in [4.69, 9.17) is 11.6 Å². The number of tetrazole rings is 1. The third-order valence-corrected chi connectivity index (χ3v) is 6.29. The number of amides is 1. The summed E-state index contributed by atoms with van der Waals surface area (Å²) in [5.74, 6) is 0.522. The molecule has 0 saturated heterocycles. The van der Waals surface area contributed by atoms with E-state index in [1.807, 2.05) is 48.7 Å². The molecule has 2 aromatic heterocycles. The summed E-state index contributed by atoms with van der Waals surface area (Å²) in [6, 6.07) is 15.0. The molecular weight excluding hydrogens is 440 g/mol. The first-order valence-electron chi connectivity index (χ1n) is 9.04. The third-order valence-electron chi connectivity index (χ3n) is 4.19. The number of benzene rings is 2. The normalized spacial score (nSPS) is 10.9. The second kappa shape index (κ2) is 9.38. The van der Waals surface area contributed by atoms with Gasteiger partial charge in [-0.1, -0.05) is 41.6 Å². The van der Waals surface area contributed by atoms with Crippen molar-refractivity contribution < 1.29 is 4.79 Å². The number of aromatic nitrogens is 5. The standard InChI is InChI=1S/C20H17ClN6OS2/c1-13-4-2-3-5-17(13)23-18(28)10-19-22-15(11-29-19)12-30-20-24-25-26-27(20)16-8-6-14(21)7-9-16/h2-9,11H,10,12H2,1H3,(H,23,28). The molecule has 2 aromatic carbocycles. The van der Waals surface area contributed by atoms with Crippen LogP contribution in [-0.4, -0.2) is 31.1 Å². The van der Waals surface area contributed by atoms with E-state index < -0.39 is 0 Å². The fourth-order valence-electron chi connectivity index (χ4n) is 2.69. The summed E-state index contributed by atoms with van der Waals surface area (Å²) < 4.78 is 1.66. The van der Waals surface area contributed by atoms with Crippen molar-refractivity contribution in [3.63, 3.8) is 0 Å². The van der Waals surface area contributed by atoms with E-state index in [0.29, 0.717) is 15.9 Å². The van der Waals surface area contributed by atoms with Gasteiger partial charge in [0.2, 0.25) is 11.1 Å². The second-order valence-electron chi connectivity index (χ2n) is 6.41. The number of nitrogens with zero attached hydrogens (tertiary/aromatic N) is 5. The van der Waals surface area contributed by atoms with E-state index in [9.17, 15) is 4.79 Å². The highest BCUT2D eigenvalue weighted by Gasteiger charge is 2.13. The predicted molar refractivity (Wildman–Crippen MR) is 119 cm³/mol. The molecule has 0 aliphatic carbocycles. The van der Waals surface area contributed by atoms with Crippen molar-refractivity contribution >= 4 is 46.3 Å². The molecule has 10 heteroatoms. The summed E-state index contributed by atoms with van der Waals surface area (Å²) in [6.45, 7) is 1.96. The minimum Gasteiger partial charge on any atom is -0.325 e. The highest BCUT2D eigenvalue weighted by Crippen LogP contribution is 2.24. The molecule has 152 valence electrons. The Morgan fingerprint density at radius 2 is 2.00 bits per heavy atom. The Labute approximate surface area is 186 Å². The van der Waals surface area contributed by atoms with Gasteiger partial charge >= 0.3 is 0 Å². The molecule has 4 rings (SSSR count). The largest absolute Gasteiger partial charge is 0.325 e. The quantitative estimate of drug-likeness (QED) is 0.410. The number of hydrogen-bond donors (Lipinski definition) is 1. The number of thioether (sulfide) groups is 1. The SMILES string of the molecule is Cc1ccccc1NC(=O)Cc1nc(CSc2nnnn2-c2ccc(Cl)cc2)cs1. The maximum atomic E-state index is 12.3. The molecule has 0 aliphatic rings. The Bertz CT molecular complexity index is 1160. The fourth-order valence-corrected chi connectivity index (χ4v) is 4.50. The first-order chi connectivity index (χ1) is 14.6. The van der Waals surface area contributed by atoms with Crippen LogP contribution in [0.5, 0.6) is 0 Å². The lowest BCUT2D eigenvalue weighted by Crippen LogP contribution is -2.15. The van der Waals surface area contributed by atoms with Gasteiger partial charge in [0, 0.05) is 21.8 Å². The number of para-hydroxylation sites is 1. The smallest absolute Gasteiger partial charge is 0.231 e. The zero-order valence-corrected chi connectivity index (χ0v) is 18.3. The van der Waals surface area contributed by atoms with Gasteiger partial charge in [0.25, 0.3) is 0 Å². The number of rotatable bonds is 7. The van der Waals surface area contributed by atoms with E-state index in [2.05, 4.69) is 25.8 Å². The Morgan fingerprint density at radius 3 is 2.80 bits per heavy atom. The van der Waals surface area contributed by atoms with Crippen molar-refractivity contribution in [1.29, 1.82) is 0 Å². The summed E-state index contributed by atoms with van der Waals surface area (Å²) >= 11 is 8.90. The van der Waals surface area contributed by atoms with Crippen LogP contribution in [0.2, 0.25) is 5.02 Å². The molecule has 1 N–H and O–H groups in total. The molecule has 0 aliphatic heterocycles. The van der Waals surface area contributed by atoms with Crippen LogP contribution >= 0.6 is 34.7 Å². The number of carbonyl (C=O) groups excluding carboxylic acids is 1. The molecule has 4 aromatic rings. The molecule has 0 atom stereocenters. The van der Waals surface area contributed by atoms with Gasteiger partial charge in [0.1, 0.15) is 5.01 Å². The lowest BCUT2D eigenvalue weighted by molar-refractivity contribution is -0.115. The molecule has 0 fully saturated rings. The lowest BCUT2D eigenvalue weighted by Gasteiger charge is -2.06. The molecule has 7 nitrogen and oxygen atoms in total. The molecular formula is C20H17ClN6OS2. The van der Waals surface area contributed by atoms with E-state index >= 15 is 0 Å². The Kier molecular flexibility index (Phi) is 6.41. The molecule has 1 amide bonds. The molecule has 0 bridgehead atoms. The van der Waals surface area contributed by atoms with Gasteiger partial charge in [-0.05, 0) is 53.2 Å². The van der Waals surface area contributed by atoms with Crippen molar-refractivity contribution in [1.82, 2.24) is 25.2 Å². The average Bonchev–Trinajstić information content (AvgIpc) is 3.38. The van der Waals surface area contributed by atoms with Crippen molar-refractivity contribution in [2.24, 2.45) is 0 Å². The van der Waals surface area contributed by atoms with Crippen LogP contribution in [0.25, 0.3) is 5.69 Å². The van der Waals surface area contributed by atoms with Gasteiger partial charge < -0.3 is 5.32 Å². The predicted octanol–water partition coefficient (Wildman–Crippen LogP) is 4.55. The monoisotopic (exact) mass is 456 g/mol. The van der Waals surface area contributed by atoms with E-state index in [0.717, 1.165) is 27.6 Å². The number of nitrogens with one attached hydrogen (secondary N) is 1. The Morgan fingerprint density at radius 1 is 1.20 bits per heavy atom. The maximum Gasteiger partial charge on any atom is 0.231 e. The number of anilines is 1. The average molecular weight is 457 g/mol. The second-order valence-corrected chi connectivity index (χ2v) is 8.73. The summed E-state index contributed by atoms with van der Waals surface area (Å²) in [6.07, 6.45) is 0.242. The highest BCUT2D eigenvalue weighted by atomic mass is 35.5. The van der Waals surface area contributed by atoms with Crippen LogP contribution in [0.1, 0.15) is 16.3 Å². The van der Waals surface area contributed by atoms with Crippen molar-refractivity contribution in [2.45, 2.75) is 24.3 Å². The molecule has 0 unspecified atom stereocenters. The summed E-state index contributed by atoms with van der Waals surface area (Å²) in [5.41, 5.74) is 3.57. The number of thiazole rings is 1. The molecule has 2 heterocycles. The molecule has 30 heavy (non-hydrogen) atoms. The fraction of sp³-hybridized carbons (Fsp3) is 0.150. The van der Waals surface area contributed by atoms with E-state index in [1.165, 1.54) is 23.1 Å². The first-order valence-corrected chi connectivity index (χ1v) is 11.3. The van der Waals surface area contributed by atoms with Gasteiger partial charge in [0.05, 0.1) is 17.8 Å². The van der Waals surface area contributed by atoms with Gasteiger partial charge in [-0.25, -0.2) is 4.98 Å². The van der Waals surface area contributed by atoms with Crippen molar-refractivity contribution in [3.05, 3.63) is 75.2 Å². The van der Waals surface area contributed by atoms with Crippen LogP contribution in [0.3, 0.4) is 0 Å². The van der Waals surface area contributed by atoms with Crippen LogP contribution in [0.15, 0.2) is 59.1 Å². The van der Waals surface area contributed by atoms with Crippen LogP contribution in [0, 0.1) is 6.92 Å². The zero-order valence-electron chi connectivity index (χ0n) is 15.9. The van der Waals surface area contributed by atoms with Gasteiger partial charge in [-0.2, -0.15) is 4.68 Å². The number of halogens is 1. The number of carbonyl (C=O) groups is 1. The topological polar surface area (TPSA) is 85.6 Å². The van der Waals surface area contributed by atoms with E-state index in [-0.39, 0.29) is 12.3 Å².